The molecule has 1 unspecified atom stereocenters. The molecule has 0 N–H and O–H groups in total. The van der Waals surface area contributed by atoms with Crippen molar-refractivity contribution in [3.63, 3.8) is 0 Å². The fourth-order valence-electron chi connectivity index (χ4n) is 0.951. The third-order valence-electron chi connectivity index (χ3n) is 1.69. The highest BCUT2D eigenvalue weighted by Gasteiger charge is 2.27. The number of aromatic nitrogens is 3. The van der Waals surface area contributed by atoms with E-state index in [9.17, 15) is 13.2 Å². The van der Waals surface area contributed by atoms with Crippen LogP contribution in [-0.4, -0.2) is 34.4 Å². The highest BCUT2D eigenvalue weighted by atomic mass is 35.5. The van der Waals surface area contributed by atoms with Gasteiger partial charge >= 0.3 is 6.18 Å². The van der Waals surface area contributed by atoms with Gasteiger partial charge in [0.1, 0.15) is 12.3 Å². The normalized spacial score (nSPS) is 14.1. The zero-order valence-electron chi connectivity index (χ0n) is 8.54. The lowest BCUT2D eigenvalue weighted by atomic mass is 10.4. The Morgan fingerprint density at radius 2 is 2.25 bits per heavy atom. The molecule has 0 bridgehead atoms. The molecule has 1 rings (SSSR count). The van der Waals surface area contributed by atoms with Crippen LogP contribution in [0.3, 0.4) is 0 Å². The highest BCUT2D eigenvalue weighted by molar-refractivity contribution is 6.20. The molecule has 0 aliphatic rings. The van der Waals surface area contributed by atoms with Gasteiger partial charge < -0.3 is 4.74 Å². The van der Waals surface area contributed by atoms with Gasteiger partial charge in [-0.15, -0.1) is 16.7 Å². The minimum Gasteiger partial charge on any atom is -0.370 e. The smallest absolute Gasteiger partial charge is 0.370 e. The Hall–Kier alpha value is -0.820. The Balaban J connectivity index is 2.27. The maximum absolute atomic E-state index is 11.7. The third-order valence-corrected chi connectivity index (χ3v) is 1.92. The lowest BCUT2D eigenvalue weighted by molar-refractivity contribution is -0.174. The third kappa shape index (κ3) is 4.80. The summed E-state index contributed by atoms with van der Waals surface area (Å²) in [5, 5.41) is 7.17. The number of alkyl halides is 4. The zero-order valence-corrected chi connectivity index (χ0v) is 9.29. The minimum absolute atomic E-state index is 0.0705. The summed E-state index contributed by atoms with van der Waals surface area (Å²) in [6, 6.07) is 0. The topological polar surface area (TPSA) is 39.9 Å². The van der Waals surface area contributed by atoms with E-state index in [4.69, 9.17) is 11.6 Å². The summed E-state index contributed by atoms with van der Waals surface area (Å²) in [4.78, 5) is 0. The van der Waals surface area contributed by atoms with E-state index >= 15 is 0 Å². The van der Waals surface area contributed by atoms with Crippen LogP contribution in [0.1, 0.15) is 18.0 Å². The largest absolute Gasteiger partial charge is 0.411 e. The molecule has 1 heterocycles. The van der Waals surface area contributed by atoms with Gasteiger partial charge in [0.15, 0.2) is 0 Å². The summed E-state index contributed by atoms with van der Waals surface area (Å²) in [6.45, 7) is 0.627. The second-order valence-electron chi connectivity index (χ2n) is 3.19. The SMILES string of the molecule is CC(Cl)c1cn(CCOCC(F)(F)F)nn1. The maximum atomic E-state index is 11.7. The summed E-state index contributed by atoms with van der Waals surface area (Å²) < 4.78 is 41.0. The number of nitrogens with zero attached hydrogens (tertiary/aromatic N) is 3. The van der Waals surface area contributed by atoms with Crippen molar-refractivity contribution in [1.82, 2.24) is 15.0 Å². The van der Waals surface area contributed by atoms with Crippen LogP contribution in [0.15, 0.2) is 6.20 Å². The van der Waals surface area contributed by atoms with Crippen LogP contribution in [0, 0.1) is 0 Å². The number of ether oxygens (including phenoxy) is 1. The number of hydrogen-bond acceptors (Lipinski definition) is 3. The van der Waals surface area contributed by atoms with E-state index in [0.29, 0.717) is 5.69 Å². The van der Waals surface area contributed by atoms with Crippen LogP contribution in [-0.2, 0) is 11.3 Å². The number of rotatable bonds is 5. The Kier molecular flexibility index (Phi) is 4.55. The molecule has 4 nitrogen and oxygen atoms in total. The standard InChI is InChI=1S/C8H11ClF3N3O/c1-6(9)7-4-15(14-13-7)2-3-16-5-8(10,11)12/h4,6H,2-3,5H2,1H3. The molecule has 0 fully saturated rings. The van der Waals surface area contributed by atoms with Gasteiger partial charge in [0, 0.05) is 0 Å². The van der Waals surface area contributed by atoms with Crippen LogP contribution in [0.4, 0.5) is 13.2 Å². The van der Waals surface area contributed by atoms with Gasteiger partial charge in [-0.05, 0) is 6.92 Å². The molecule has 1 aromatic heterocycles. The van der Waals surface area contributed by atoms with Gasteiger partial charge in [-0.25, -0.2) is 4.68 Å². The molecule has 0 saturated heterocycles. The van der Waals surface area contributed by atoms with Gasteiger partial charge in [-0.2, -0.15) is 13.2 Å². The van der Waals surface area contributed by atoms with Crippen molar-refractivity contribution in [2.24, 2.45) is 0 Å². The Morgan fingerprint density at radius 3 is 2.75 bits per heavy atom. The van der Waals surface area contributed by atoms with E-state index in [0.717, 1.165) is 0 Å². The van der Waals surface area contributed by atoms with Crippen LogP contribution >= 0.6 is 11.6 Å². The number of hydrogen-bond donors (Lipinski definition) is 0. The molecule has 0 aliphatic heterocycles. The molecule has 1 aromatic rings. The molecule has 16 heavy (non-hydrogen) atoms. The van der Waals surface area contributed by atoms with Gasteiger partial charge in [0.25, 0.3) is 0 Å². The van der Waals surface area contributed by atoms with Crippen molar-refractivity contribution in [3.8, 4) is 0 Å². The predicted octanol–water partition coefficient (Wildman–Crippen LogP) is 2.16. The fraction of sp³-hybridized carbons (Fsp3) is 0.750. The fourth-order valence-corrected chi connectivity index (χ4v) is 1.05. The second-order valence-corrected chi connectivity index (χ2v) is 3.84. The lowest BCUT2D eigenvalue weighted by Gasteiger charge is -2.06. The average Bonchev–Trinajstić information content (AvgIpc) is 2.59. The quantitative estimate of drug-likeness (QED) is 0.599. The molecule has 0 aliphatic carbocycles. The lowest BCUT2D eigenvalue weighted by Crippen LogP contribution is -2.19. The molecular weight excluding hydrogens is 247 g/mol. The molecule has 1 atom stereocenters. The minimum atomic E-state index is -4.29. The Labute approximate surface area is 95.3 Å². The first kappa shape index (κ1) is 13.2. The van der Waals surface area contributed by atoms with Crippen molar-refractivity contribution in [1.29, 1.82) is 0 Å². The van der Waals surface area contributed by atoms with Crippen LogP contribution < -0.4 is 0 Å². The van der Waals surface area contributed by atoms with E-state index < -0.39 is 12.8 Å². The molecule has 0 aromatic carbocycles. The maximum Gasteiger partial charge on any atom is 0.411 e. The van der Waals surface area contributed by atoms with Crippen molar-refractivity contribution in [3.05, 3.63) is 11.9 Å². The van der Waals surface area contributed by atoms with Crippen LogP contribution in [0.5, 0.6) is 0 Å². The summed E-state index contributed by atoms with van der Waals surface area (Å²) in [5.74, 6) is 0. The Bertz CT molecular complexity index is 327. The van der Waals surface area contributed by atoms with Crippen molar-refractivity contribution >= 4 is 11.6 Å². The first-order chi connectivity index (χ1) is 7.38. The molecule has 0 radical (unpaired) electrons. The molecule has 92 valence electrons. The van der Waals surface area contributed by atoms with Crippen LogP contribution in [0.2, 0.25) is 0 Å². The van der Waals surface area contributed by atoms with E-state index in [2.05, 4.69) is 15.0 Å². The summed E-state index contributed by atoms with van der Waals surface area (Å²) in [6.07, 6.45) is -2.72. The first-order valence-electron chi connectivity index (χ1n) is 4.57. The van der Waals surface area contributed by atoms with Gasteiger partial charge in [0.05, 0.1) is 24.7 Å². The van der Waals surface area contributed by atoms with Crippen molar-refractivity contribution in [2.75, 3.05) is 13.2 Å². The monoisotopic (exact) mass is 257 g/mol. The van der Waals surface area contributed by atoms with E-state index in [1.807, 2.05) is 0 Å². The van der Waals surface area contributed by atoms with Crippen molar-refractivity contribution < 1.29 is 17.9 Å². The molecule has 0 spiro atoms. The summed E-state index contributed by atoms with van der Waals surface area (Å²) in [5.41, 5.74) is 0.581. The van der Waals surface area contributed by atoms with E-state index in [1.54, 1.807) is 13.1 Å². The van der Waals surface area contributed by atoms with Gasteiger partial charge in [0.2, 0.25) is 0 Å². The van der Waals surface area contributed by atoms with E-state index in [1.165, 1.54) is 4.68 Å². The van der Waals surface area contributed by atoms with Crippen LogP contribution in [0.25, 0.3) is 0 Å². The molecular formula is C8H11ClF3N3O. The van der Waals surface area contributed by atoms with Crippen molar-refractivity contribution in [2.45, 2.75) is 25.0 Å². The number of halogens is 4. The van der Waals surface area contributed by atoms with Gasteiger partial charge in [-0.1, -0.05) is 5.21 Å². The average molecular weight is 258 g/mol. The molecule has 0 amide bonds. The predicted molar refractivity (Wildman–Crippen MR) is 51.2 cm³/mol. The first-order valence-corrected chi connectivity index (χ1v) is 5.01. The Morgan fingerprint density at radius 1 is 1.56 bits per heavy atom. The zero-order chi connectivity index (χ0) is 12.2. The molecule has 8 heteroatoms. The highest BCUT2D eigenvalue weighted by Crippen LogP contribution is 2.16. The summed E-state index contributed by atoms with van der Waals surface area (Å²) in [7, 11) is 0. The second kappa shape index (κ2) is 5.49. The summed E-state index contributed by atoms with van der Waals surface area (Å²) >= 11 is 5.74. The van der Waals surface area contributed by atoms with E-state index in [-0.39, 0.29) is 18.5 Å². The molecule has 0 saturated carbocycles. The van der Waals surface area contributed by atoms with Gasteiger partial charge in [-0.3, -0.25) is 0 Å².